The summed E-state index contributed by atoms with van der Waals surface area (Å²) in [5, 5.41) is 5.95. The zero-order valence-electron chi connectivity index (χ0n) is 19.9. The maximum atomic E-state index is 13.3. The topological polar surface area (TPSA) is 64.6 Å². The summed E-state index contributed by atoms with van der Waals surface area (Å²) in [5.74, 6) is 0.492. The zero-order valence-corrected chi connectivity index (χ0v) is 19.9. The lowest BCUT2D eigenvalue weighted by atomic mass is 9.77. The van der Waals surface area contributed by atoms with Crippen molar-refractivity contribution < 1.29 is 19.1 Å². The van der Waals surface area contributed by atoms with Crippen LogP contribution in [-0.2, 0) is 4.79 Å². The number of fused-ring (bicyclic) bond motifs is 4. The Morgan fingerprint density at radius 3 is 2.53 bits per heavy atom. The second-order valence-electron chi connectivity index (χ2n) is 9.12. The number of Topliss-reactive ketones (excluding diaryl/α,β-unsaturated/α-hetero) is 1. The van der Waals surface area contributed by atoms with Gasteiger partial charge in [-0.25, -0.2) is 4.79 Å². The van der Waals surface area contributed by atoms with Crippen LogP contribution in [0.4, 0.5) is 5.69 Å². The minimum atomic E-state index is -0.453. The highest BCUT2D eigenvalue weighted by atomic mass is 16.6. The molecular formula is C31H25NO4. The maximum absolute atomic E-state index is 13.3. The Balaban J connectivity index is 1.42. The van der Waals surface area contributed by atoms with Crippen LogP contribution in [0, 0.1) is 0 Å². The molecule has 4 aromatic rings. The highest BCUT2D eigenvalue weighted by molar-refractivity contribution is 6.12. The molecule has 0 saturated heterocycles. The summed E-state index contributed by atoms with van der Waals surface area (Å²) in [6.45, 7) is 0. The number of rotatable bonds is 4. The Bertz CT molecular complexity index is 1540. The lowest BCUT2D eigenvalue weighted by Gasteiger charge is -2.35. The smallest absolute Gasteiger partial charge is 0.343 e. The summed E-state index contributed by atoms with van der Waals surface area (Å²) in [7, 11) is 1.55. The minimum absolute atomic E-state index is 0.172. The van der Waals surface area contributed by atoms with Gasteiger partial charge in [-0.2, -0.15) is 0 Å². The molecule has 0 radical (unpaired) electrons. The first-order chi connectivity index (χ1) is 17.6. The summed E-state index contributed by atoms with van der Waals surface area (Å²) < 4.78 is 11.2. The van der Waals surface area contributed by atoms with Crippen molar-refractivity contribution in [3.05, 3.63) is 107 Å². The van der Waals surface area contributed by atoms with Crippen LogP contribution in [0.3, 0.4) is 0 Å². The third-order valence-corrected chi connectivity index (χ3v) is 7.01. The van der Waals surface area contributed by atoms with E-state index in [1.54, 1.807) is 37.4 Å². The largest absolute Gasteiger partial charge is 0.493 e. The molecule has 1 aliphatic carbocycles. The van der Waals surface area contributed by atoms with Gasteiger partial charge in [0.15, 0.2) is 17.3 Å². The molecule has 0 bridgehead atoms. The lowest BCUT2D eigenvalue weighted by Crippen LogP contribution is -2.27. The van der Waals surface area contributed by atoms with Crippen LogP contribution in [0.15, 0.2) is 90.5 Å². The van der Waals surface area contributed by atoms with Gasteiger partial charge in [-0.3, -0.25) is 4.79 Å². The second-order valence-corrected chi connectivity index (χ2v) is 9.12. The molecule has 1 atom stereocenters. The van der Waals surface area contributed by atoms with Crippen LogP contribution in [-0.4, -0.2) is 18.9 Å². The van der Waals surface area contributed by atoms with Gasteiger partial charge in [-0.15, -0.1) is 0 Å². The molecule has 5 nitrogen and oxygen atoms in total. The Labute approximate surface area is 209 Å². The fraction of sp³-hybridized carbons (Fsp3) is 0.161. The van der Waals surface area contributed by atoms with E-state index in [0.717, 1.165) is 51.6 Å². The van der Waals surface area contributed by atoms with Gasteiger partial charge in [-0.1, -0.05) is 54.6 Å². The molecule has 0 fully saturated rings. The summed E-state index contributed by atoms with van der Waals surface area (Å²) in [4.78, 5) is 25.9. The maximum Gasteiger partial charge on any atom is 0.343 e. The van der Waals surface area contributed by atoms with Crippen molar-refractivity contribution in [3.63, 3.8) is 0 Å². The summed E-state index contributed by atoms with van der Waals surface area (Å²) in [6.07, 6.45) is 2.26. The van der Waals surface area contributed by atoms with Crippen LogP contribution in [0.1, 0.15) is 46.8 Å². The molecule has 1 unspecified atom stereocenters. The summed E-state index contributed by atoms with van der Waals surface area (Å²) >= 11 is 0. The molecule has 0 amide bonds. The molecule has 1 heterocycles. The monoisotopic (exact) mass is 475 g/mol. The van der Waals surface area contributed by atoms with Gasteiger partial charge in [0.1, 0.15) is 0 Å². The van der Waals surface area contributed by atoms with Gasteiger partial charge in [0.25, 0.3) is 0 Å². The molecular weight excluding hydrogens is 450 g/mol. The number of hydrogen-bond acceptors (Lipinski definition) is 5. The first kappa shape index (κ1) is 22.1. The molecule has 1 N–H and O–H groups in total. The van der Waals surface area contributed by atoms with Crippen molar-refractivity contribution in [2.24, 2.45) is 0 Å². The van der Waals surface area contributed by atoms with E-state index in [9.17, 15) is 9.59 Å². The number of esters is 1. The lowest BCUT2D eigenvalue weighted by molar-refractivity contribution is -0.116. The van der Waals surface area contributed by atoms with Gasteiger partial charge in [0, 0.05) is 23.2 Å². The van der Waals surface area contributed by atoms with E-state index in [4.69, 9.17) is 9.47 Å². The van der Waals surface area contributed by atoms with Gasteiger partial charge in [0.05, 0.1) is 18.7 Å². The van der Waals surface area contributed by atoms with Crippen LogP contribution < -0.4 is 14.8 Å². The van der Waals surface area contributed by atoms with E-state index in [1.165, 1.54) is 0 Å². The first-order valence-electron chi connectivity index (χ1n) is 12.1. The molecule has 5 heteroatoms. The average molecular weight is 476 g/mol. The number of anilines is 1. The highest BCUT2D eigenvalue weighted by Crippen LogP contribution is 2.48. The van der Waals surface area contributed by atoms with Crippen molar-refractivity contribution in [3.8, 4) is 11.5 Å². The Morgan fingerprint density at radius 2 is 1.69 bits per heavy atom. The third-order valence-electron chi connectivity index (χ3n) is 7.01. The molecule has 0 saturated carbocycles. The summed E-state index contributed by atoms with van der Waals surface area (Å²) in [5.41, 5.74) is 5.44. The van der Waals surface area contributed by atoms with E-state index < -0.39 is 5.97 Å². The predicted molar refractivity (Wildman–Crippen MR) is 140 cm³/mol. The Kier molecular flexibility index (Phi) is 5.53. The zero-order chi connectivity index (χ0) is 24.6. The SMILES string of the molecule is COc1cc(C2Nc3ccc4ccccc4c3C3=C2C(=O)CCC3)ccc1OC(=O)c1ccccc1. The Hall–Kier alpha value is -4.38. The number of carbonyl (C=O) groups excluding carboxylic acids is 2. The van der Waals surface area contributed by atoms with Gasteiger partial charge in [0.2, 0.25) is 0 Å². The number of methoxy groups -OCH3 is 1. The van der Waals surface area contributed by atoms with Crippen molar-refractivity contribution in [1.29, 1.82) is 0 Å². The van der Waals surface area contributed by atoms with E-state index >= 15 is 0 Å². The number of ketones is 1. The van der Waals surface area contributed by atoms with Crippen molar-refractivity contribution in [2.75, 3.05) is 12.4 Å². The molecule has 178 valence electrons. The molecule has 1 aliphatic heterocycles. The molecule has 2 aliphatic rings. The molecule has 36 heavy (non-hydrogen) atoms. The van der Waals surface area contributed by atoms with E-state index in [1.807, 2.05) is 30.3 Å². The number of allylic oxidation sites excluding steroid dienone is 1. The van der Waals surface area contributed by atoms with Crippen LogP contribution in [0.5, 0.6) is 11.5 Å². The Morgan fingerprint density at radius 1 is 0.889 bits per heavy atom. The second kappa shape index (κ2) is 9.00. The molecule has 4 aromatic carbocycles. The van der Waals surface area contributed by atoms with E-state index in [-0.39, 0.29) is 11.8 Å². The van der Waals surface area contributed by atoms with Gasteiger partial charge >= 0.3 is 5.97 Å². The summed E-state index contributed by atoms with van der Waals surface area (Å²) in [6, 6.07) is 26.5. The molecule has 0 aromatic heterocycles. The fourth-order valence-corrected chi connectivity index (χ4v) is 5.33. The predicted octanol–water partition coefficient (Wildman–Crippen LogP) is 6.74. The quantitative estimate of drug-likeness (QED) is 0.262. The van der Waals surface area contributed by atoms with E-state index in [0.29, 0.717) is 23.5 Å². The van der Waals surface area contributed by atoms with Crippen LogP contribution in [0.25, 0.3) is 16.3 Å². The van der Waals surface area contributed by atoms with Crippen molar-refractivity contribution in [1.82, 2.24) is 0 Å². The standard InChI is InChI=1S/C31H25NO4/c1-35-27-18-21(15-17-26(27)36-31(34)20-9-3-2-4-10-20)30-29-23(12-7-13-25(29)33)28-22-11-6-5-8-19(22)14-16-24(28)32-30/h2-6,8-11,14-18,30,32H,7,12-13H2,1H3. The first-order valence-corrected chi connectivity index (χ1v) is 12.1. The number of ether oxygens (including phenoxy) is 2. The van der Waals surface area contributed by atoms with Crippen LogP contribution >= 0.6 is 0 Å². The number of carbonyl (C=O) groups is 2. The van der Waals surface area contributed by atoms with Gasteiger partial charge < -0.3 is 14.8 Å². The normalized spacial score (nSPS) is 16.7. The van der Waals surface area contributed by atoms with Crippen LogP contribution in [0.2, 0.25) is 0 Å². The van der Waals surface area contributed by atoms with Gasteiger partial charge in [-0.05, 0) is 65.1 Å². The molecule has 6 rings (SSSR count). The highest BCUT2D eigenvalue weighted by Gasteiger charge is 2.35. The molecule has 0 spiro atoms. The number of hydrogen-bond donors (Lipinski definition) is 1. The number of benzene rings is 4. The van der Waals surface area contributed by atoms with Crippen molar-refractivity contribution >= 4 is 33.8 Å². The van der Waals surface area contributed by atoms with E-state index in [2.05, 4.69) is 29.6 Å². The third kappa shape index (κ3) is 3.73. The minimum Gasteiger partial charge on any atom is -0.493 e. The van der Waals surface area contributed by atoms with Crippen molar-refractivity contribution in [2.45, 2.75) is 25.3 Å². The fourth-order valence-electron chi connectivity index (χ4n) is 5.33. The number of nitrogens with one attached hydrogen (secondary N) is 1. The average Bonchev–Trinajstić information content (AvgIpc) is 2.93.